The topological polar surface area (TPSA) is 97.4 Å². The number of benzene rings is 2. The summed E-state index contributed by atoms with van der Waals surface area (Å²) in [5.41, 5.74) is 1.38. The lowest BCUT2D eigenvalue weighted by molar-refractivity contribution is 0.0963. The van der Waals surface area contributed by atoms with Crippen molar-refractivity contribution in [2.45, 2.75) is 4.90 Å². The number of halogens is 1. The van der Waals surface area contributed by atoms with Gasteiger partial charge in [0.2, 0.25) is 0 Å². The molecule has 0 saturated heterocycles. The Labute approximate surface area is 164 Å². The number of pyridine rings is 1. The Morgan fingerprint density at radius 3 is 2.63 bits per heavy atom. The lowest BCUT2D eigenvalue weighted by Crippen LogP contribution is -2.17. The quantitative estimate of drug-likeness (QED) is 0.623. The molecule has 2 N–H and O–H groups in total. The van der Waals surface area contributed by atoms with E-state index >= 15 is 0 Å². The number of anilines is 1. The Kier molecular flexibility index (Phi) is 5.33. The highest BCUT2D eigenvalue weighted by Crippen LogP contribution is 2.29. The number of aromatic nitrogens is 1. The van der Waals surface area contributed by atoms with E-state index in [1.54, 1.807) is 43.4 Å². The predicted molar refractivity (Wildman–Crippen MR) is 107 cm³/mol. The molecular weight excluding hydrogens is 434 g/mol. The molecule has 0 aliphatic heterocycles. The first-order chi connectivity index (χ1) is 12.8. The predicted octanol–water partition coefficient (Wildman–Crippen LogP) is 3.17. The van der Waals surface area contributed by atoms with Gasteiger partial charge in [-0.25, -0.2) is 8.42 Å². The van der Waals surface area contributed by atoms with Crippen LogP contribution in [-0.4, -0.2) is 33.5 Å². The molecule has 140 valence electrons. The number of methoxy groups -OCH3 is 1. The number of hydrogen-bond donors (Lipinski definition) is 2. The van der Waals surface area contributed by atoms with Crippen LogP contribution in [0.15, 0.2) is 58.0 Å². The summed E-state index contributed by atoms with van der Waals surface area (Å²) < 4.78 is 33.8. The number of amides is 1. The van der Waals surface area contributed by atoms with Crippen molar-refractivity contribution >= 4 is 48.5 Å². The van der Waals surface area contributed by atoms with E-state index in [0.29, 0.717) is 20.9 Å². The van der Waals surface area contributed by atoms with Crippen molar-refractivity contribution in [2.75, 3.05) is 18.9 Å². The van der Waals surface area contributed by atoms with Crippen LogP contribution in [0.1, 0.15) is 10.4 Å². The maximum atomic E-state index is 12.8. The van der Waals surface area contributed by atoms with Crippen molar-refractivity contribution < 1.29 is 17.9 Å². The molecule has 0 unspecified atom stereocenters. The second-order valence-corrected chi connectivity index (χ2v) is 8.18. The fourth-order valence-electron chi connectivity index (χ4n) is 2.54. The third kappa shape index (κ3) is 4.04. The van der Waals surface area contributed by atoms with E-state index in [1.165, 1.54) is 19.4 Å². The zero-order valence-corrected chi connectivity index (χ0v) is 16.9. The number of rotatable bonds is 5. The fourth-order valence-corrected chi connectivity index (χ4v) is 4.29. The third-order valence-corrected chi connectivity index (χ3v) is 5.73. The largest absolute Gasteiger partial charge is 0.495 e. The van der Waals surface area contributed by atoms with Gasteiger partial charge >= 0.3 is 0 Å². The van der Waals surface area contributed by atoms with Crippen LogP contribution >= 0.6 is 15.9 Å². The van der Waals surface area contributed by atoms with Gasteiger partial charge in [-0.1, -0.05) is 15.9 Å². The van der Waals surface area contributed by atoms with Gasteiger partial charge in [0, 0.05) is 22.5 Å². The average Bonchev–Trinajstić information content (AvgIpc) is 2.66. The molecule has 2 aromatic carbocycles. The zero-order valence-electron chi connectivity index (χ0n) is 14.5. The van der Waals surface area contributed by atoms with Gasteiger partial charge in [-0.2, -0.15) is 0 Å². The summed E-state index contributed by atoms with van der Waals surface area (Å²) >= 11 is 3.27. The number of sulfonamides is 1. The average molecular weight is 450 g/mol. The van der Waals surface area contributed by atoms with E-state index < -0.39 is 10.0 Å². The maximum Gasteiger partial charge on any atom is 0.265 e. The van der Waals surface area contributed by atoms with Crippen LogP contribution in [0.25, 0.3) is 10.9 Å². The summed E-state index contributed by atoms with van der Waals surface area (Å²) in [7, 11) is -0.957. The molecule has 1 amide bonds. The van der Waals surface area contributed by atoms with E-state index in [1.807, 2.05) is 0 Å². The normalized spacial score (nSPS) is 11.2. The van der Waals surface area contributed by atoms with Crippen molar-refractivity contribution in [2.24, 2.45) is 0 Å². The number of carbonyl (C=O) groups is 1. The summed E-state index contributed by atoms with van der Waals surface area (Å²) in [5, 5.41) is 3.19. The first kappa shape index (κ1) is 19.1. The first-order valence-corrected chi connectivity index (χ1v) is 10.1. The van der Waals surface area contributed by atoms with E-state index in [-0.39, 0.29) is 22.2 Å². The van der Waals surface area contributed by atoms with E-state index in [2.05, 4.69) is 31.0 Å². The summed E-state index contributed by atoms with van der Waals surface area (Å²) in [6.07, 6.45) is 1.42. The molecule has 1 heterocycles. The van der Waals surface area contributed by atoms with Crippen molar-refractivity contribution in [1.29, 1.82) is 0 Å². The van der Waals surface area contributed by atoms with Crippen LogP contribution in [0, 0.1) is 0 Å². The Morgan fingerprint density at radius 1 is 1.15 bits per heavy atom. The number of nitrogens with one attached hydrogen (secondary N) is 2. The monoisotopic (exact) mass is 449 g/mol. The summed E-state index contributed by atoms with van der Waals surface area (Å²) in [6.45, 7) is 0. The van der Waals surface area contributed by atoms with Crippen molar-refractivity contribution in [3.05, 3.63) is 58.7 Å². The number of ether oxygens (including phenoxy) is 1. The molecule has 3 rings (SSSR count). The fraction of sp³-hybridized carbons (Fsp3) is 0.111. The maximum absolute atomic E-state index is 12.8. The lowest BCUT2D eigenvalue weighted by Gasteiger charge is -2.12. The molecule has 7 nitrogen and oxygen atoms in total. The van der Waals surface area contributed by atoms with Gasteiger partial charge in [0.05, 0.1) is 24.5 Å². The van der Waals surface area contributed by atoms with Gasteiger partial charge in [-0.05, 0) is 42.5 Å². The Bertz CT molecular complexity index is 1130. The minimum Gasteiger partial charge on any atom is -0.495 e. The standard InChI is InChI=1S/C18H16BrN3O4S/c1-20-18(23)11-3-5-15-12(7-11)8-14(10-21-15)22-27(24,25)17-9-13(19)4-6-16(17)26-2/h3-10,22H,1-2H3,(H,20,23). The lowest BCUT2D eigenvalue weighted by atomic mass is 10.1. The third-order valence-electron chi connectivity index (χ3n) is 3.84. The molecule has 0 aliphatic rings. The van der Waals surface area contributed by atoms with E-state index in [0.717, 1.165) is 0 Å². The number of carbonyl (C=O) groups excluding carboxylic acids is 1. The molecule has 9 heteroatoms. The van der Waals surface area contributed by atoms with E-state index in [9.17, 15) is 13.2 Å². The molecular formula is C18H16BrN3O4S. The highest BCUT2D eigenvalue weighted by atomic mass is 79.9. The highest BCUT2D eigenvalue weighted by Gasteiger charge is 2.20. The van der Waals surface area contributed by atoms with Crippen LogP contribution in [0.2, 0.25) is 0 Å². The molecule has 0 spiro atoms. The van der Waals surface area contributed by atoms with Gasteiger partial charge in [0.25, 0.3) is 15.9 Å². The van der Waals surface area contributed by atoms with Gasteiger partial charge in [-0.3, -0.25) is 14.5 Å². The Hall–Kier alpha value is -2.65. The Balaban J connectivity index is 2.00. The van der Waals surface area contributed by atoms with Crippen molar-refractivity contribution in [3.63, 3.8) is 0 Å². The van der Waals surface area contributed by atoms with Crippen molar-refractivity contribution in [3.8, 4) is 5.75 Å². The van der Waals surface area contributed by atoms with Crippen LogP contribution < -0.4 is 14.8 Å². The molecule has 0 saturated carbocycles. The van der Waals surface area contributed by atoms with Gasteiger partial charge < -0.3 is 10.1 Å². The summed E-state index contributed by atoms with van der Waals surface area (Å²) in [6, 6.07) is 11.3. The minimum absolute atomic E-state index is 0.00131. The molecule has 0 radical (unpaired) electrons. The number of nitrogens with zero attached hydrogens (tertiary/aromatic N) is 1. The highest BCUT2D eigenvalue weighted by molar-refractivity contribution is 9.10. The zero-order chi connectivity index (χ0) is 19.6. The van der Waals surface area contributed by atoms with Gasteiger partial charge in [0.15, 0.2) is 0 Å². The van der Waals surface area contributed by atoms with Crippen molar-refractivity contribution in [1.82, 2.24) is 10.3 Å². The smallest absolute Gasteiger partial charge is 0.265 e. The molecule has 0 atom stereocenters. The molecule has 3 aromatic rings. The van der Waals surface area contributed by atoms with Crippen LogP contribution in [0.4, 0.5) is 5.69 Å². The van der Waals surface area contributed by atoms with Crippen LogP contribution in [-0.2, 0) is 10.0 Å². The van der Waals surface area contributed by atoms with Gasteiger partial charge in [0.1, 0.15) is 10.6 Å². The second-order valence-electron chi connectivity index (χ2n) is 5.61. The molecule has 0 aliphatic carbocycles. The minimum atomic E-state index is -3.90. The number of fused-ring (bicyclic) bond motifs is 1. The SMILES string of the molecule is CNC(=O)c1ccc2ncc(NS(=O)(=O)c3cc(Br)ccc3OC)cc2c1. The molecule has 0 bridgehead atoms. The second kappa shape index (κ2) is 7.53. The molecule has 27 heavy (non-hydrogen) atoms. The Morgan fingerprint density at radius 2 is 1.93 bits per heavy atom. The van der Waals surface area contributed by atoms with E-state index in [4.69, 9.17) is 4.74 Å². The summed E-state index contributed by atoms with van der Waals surface area (Å²) in [4.78, 5) is 16.0. The van der Waals surface area contributed by atoms with Crippen LogP contribution in [0.5, 0.6) is 5.75 Å². The first-order valence-electron chi connectivity index (χ1n) is 7.82. The number of hydrogen-bond acceptors (Lipinski definition) is 5. The van der Waals surface area contributed by atoms with Crippen LogP contribution in [0.3, 0.4) is 0 Å². The summed E-state index contributed by atoms with van der Waals surface area (Å²) in [5.74, 6) is -0.0110. The molecule has 0 fully saturated rings. The van der Waals surface area contributed by atoms with Gasteiger partial charge in [-0.15, -0.1) is 0 Å². The molecule has 1 aromatic heterocycles.